The molecule has 7 heteroatoms. The van der Waals surface area contributed by atoms with Crippen molar-refractivity contribution in [3.05, 3.63) is 24.3 Å². The van der Waals surface area contributed by atoms with Crippen LogP contribution in [0.5, 0.6) is 0 Å². The highest BCUT2D eigenvalue weighted by atomic mass is 32.2. The lowest BCUT2D eigenvalue weighted by Gasteiger charge is -2.20. The van der Waals surface area contributed by atoms with Crippen molar-refractivity contribution >= 4 is 34.6 Å². The Morgan fingerprint density at radius 1 is 1.20 bits per heavy atom. The lowest BCUT2D eigenvalue weighted by molar-refractivity contribution is -0.122. The fourth-order valence-electron chi connectivity index (χ4n) is 2.41. The summed E-state index contributed by atoms with van der Waals surface area (Å²) < 4.78 is 1.86. The highest BCUT2D eigenvalue weighted by Gasteiger charge is 2.18. The zero-order chi connectivity index (χ0) is 18.6. The Morgan fingerprint density at radius 3 is 2.52 bits per heavy atom. The van der Waals surface area contributed by atoms with Gasteiger partial charge in [-0.3, -0.25) is 9.59 Å². The second kappa shape index (κ2) is 7.91. The Hall–Kier alpha value is -2.02. The molecular weight excluding hydrogens is 336 g/mol. The molecule has 0 radical (unpaired) electrons. The minimum absolute atomic E-state index is 0.0530. The first kappa shape index (κ1) is 19.3. The number of carbonyl (C=O) groups is 2. The molecule has 25 heavy (non-hydrogen) atoms. The minimum atomic E-state index is -0.269. The lowest BCUT2D eigenvalue weighted by Crippen LogP contribution is -2.41. The maximum absolute atomic E-state index is 12.2. The van der Waals surface area contributed by atoms with Gasteiger partial charge in [-0.25, -0.2) is 4.98 Å². The SMILES string of the molecule is CC(C)NC(=O)Cn1c(SCC(=O)NC(C)(C)C)nc2ccccc21. The van der Waals surface area contributed by atoms with Crippen molar-refractivity contribution in [1.82, 2.24) is 20.2 Å². The van der Waals surface area contributed by atoms with E-state index >= 15 is 0 Å². The van der Waals surface area contributed by atoms with Gasteiger partial charge in [0.15, 0.2) is 5.16 Å². The van der Waals surface area contributed by atoms with Crippen LogP contribution in [-0.4, -0.2) is 38.7 Å². The van der Waals surface area contributed by atoms with Crippen molar-refractivity contribution in [1.29, 1.82) is 0 Å². The molecule has 0 bridgehead atoms. The molecule has 136 valence electrons. The van der Waals surface area contributed by atoms with Crippen molar-refractivity contribution < 1.29 is 9.59 Å². The van der Waals surface area contributed by atoms with Gasteiger partial charge in [-0.15, -0.1) is 0 Å². The molecule has 0 spiro atoms. The summed E-state index contributed by atoms with van der Waals surface area (Å²) in [4.78, 5) is 28.9. The number of rotatable bonds is 6. The quantitative estimate of drug-likeness (QED) is 0.775. The van der Waals surface area contributed by atoms with Crippen LogP contribution in [0.4, 0.5) is 0 Å². The van der Waals surface area contributed by atoms with Crippen LogP contribution in [0.25, 0.3) is 11.0 Å². The van der Waals surface area contributed by atoms with Gasteiger partial charge in [0.05, 0.1) is 16.8 Å². The van der Waals surface area contributed by atoms with Crippen LogP contribution in [0.15, 0.2) is 29.4 Å². The first-order valence-corrected chi connectivity index (χ1v) is 9.33. The Kier molecular flexibility index (Phi) is 6.11. The highest BCUT2D eigenvalue weighted by Crippen LogP contribution is 2.24. The van der Waals surface area contributed by atoms with Crippen molar-refractivity contribution in [2.45, 2.75) is 57.9 Å². The summed E-state index contributed by atoms with van der Waals surface area (Å²) in [6, 6.07) is 7.75. The fraction of sp³-hybridized carbons (Fsp3) is 0.500. The molecule has 6 nitrogen and oxygen atoms in total. The number of hydrogen-bond donors (Lipinski definition) is 2. The van der Waals surface area contributed by atoms with Crippen LogP contribution < -0.4 is 10.6 Å². The van der Waals surface area contributed by atoms with E-state index in [2.05, 4.69) is 15.6 Å². The van der Waals surface area contributed by atoms with Gasteiger partial charge in [-0.2, -0.15) is 0 Å². The van der Waals surface area contributed by atoms with E-state index in [1.807, 2.05) is 63.5 Å². The van der Waals surface area contributed by atoms with E-state index in [0.717, 1.165) is 11.0 Å². The number of nitrogens with one attached hydrogen (secondary N) is 2. The molecule has 0 aliphatic rings. The zero-order valence-electron chi connectivity index (χ0n) is 15.4. The predicted molar refractivity (Wildman–Crippen MR) is 102 cm³/mol. The van der Waals surface area contributed by atoms with Gasteiger partial charge in [0.1, 0.15) is 6.54 Å². The average Bonchev–Trinajstić information content (AvgIpc) is 2.80. The lowest BCUT2D eigenvalue weighted by atomic mass is 10.1. The van der Waals surface area contributed by atoms with E-state index in [-0.39, 0.29) is 35.7 Å². The molecule has 2 N–H and O–H groups in total. The number of amides is 2. The first-order chi connectivity index (χ1) is 11.7. The predicted octanol–water partition coefficient (Wildman–Crippen LogP) is 2.57. The largest absolute Gasteiger partial charge is 0.352 e. The number of carbonyl (C=O) groups excluding carboxylic acids is 2. The molecule has 0 saturated carbocycles. The summed E-state index contributed by atoms with van der Waals surface area (Å²) in [5.74, 6) is 0.133. The Morgan fingerprint density at radius 2 is 1.88 bits per heavy atom. The Balaban J connectivity index is 2.19. The fourth-order valence-corrected chi connectivity index (χ4v) is 3.23. The topological polar surface area (TPSA) is 76.0 Å². The molecule has 0 aliphatic heterocycles. The molecule has 1 aromatic carbocycles. The standard InChI is InChI=1S/C18H26N4O2S/c1-12(2)19-15(23)10-22-14-9-7-6-8-13(14)20-17(22)25-11-16(24)21-18(3,4)5/h6-9,12H,10-11H2,1-5H3,(H,19,23)(H,21,24). The number of hydrogen-bond acceptors (Lipinski definition) is 4. The van der Waals surface area contributed by atoms with Crippen LogP contribution in [0.2, 0.25) is 0 Å². The van der Waals surface area contributed by atoms with Gasteiger partial charge >= 0.3 is 0 Å². The van der Waals surface area contributed by atoms with Gasteiger partial charge in [-0.05, 0) is 46.8 Å². The van der Waals surface area contributed by atoms with E-state index in [1.54, 1.807) is 0 Å². The van der Waals surface area contributed by atoms with Crippen LogP contribution >= 0.6 is 11.8 Å². The van der Waals surface area contributed by atoms with E-state index in [0.29, 0.717) is 5.16 Å². The molecule has 0 saturated heterocycles. The van der Waals surface area contributed by atoms with Crippen molar-refractivity contribution in [2.75, 3.05) is 5.75 Å². The number of imidazole rings is 1. The number of benzene rings is 1. The number of aromatic nitrogens is 2. The molecule has 2 amide bonds. The monoisotopic (exact) mass is 362 g/mol. The van der Waals surface area contributed by atoms with Gasteiger partial charge in [0.2, 0.25) is 11.8 Å². The van der Waals surface area contributed by atoms with Crippen molar-refractivity contribution in [2.24, 2.45) is 0 Å². The molecule has 0 unspecified atom stereocenters. The second-order valence-electron chi connectivity index (χ2n) is 7.28. The first-order valence-electron chi connectivity index (χ1n) is 8.34. The molecule has 0 atom stereocenters. The molecule has 0 fully saturated rings. The van der Waals surface area contributed by atoms with Gasteiger partial charge < -0.3 is 15.2 Å². The van der Waals surface area contributed by atoms with Crippen LogP contribution in [0.3, 0.4) is 0 Å². The van der Waals surface area contributed by atoms with E-state index in [1.165, 1.54) is 11.8 Å². The number of nitrogens with zero attached hydrogens (tertiary/aromatic N) is 2. The van der Waals surface area contributed by atoms with Gasteiger partial charge in [-0.1, -0.05) is 23.9 Å². The molecule has 2 rings (SSSR count). The zero-order valence-corrected chi connectivity index (χ0v) is 16.2. The normalized spacial score (nSPS) is 11.8. The van der Waals surface area contributed by atoms with E-state index in [4.69, 9.17) is 0 Å². The van der Waals surface area contributed by atoms with Crippen molar-refractivity contribution in [3.63, 3.8) is 0 Å². The average molecular weight is 362 g/mol. The number of thioether (sulfide) groups is 1. The van der Waals surface area contributed by atoms with Crippen LogP contribution in [-0.2, 0) is 16.1 Å². The van der Waals surface area contributed by atoms with E-state index < -0.39 is 0 Å². The molecule has 1 heterocycles. The third-order valence-electron chi connectivity index (χ3n) is 3.22. The summed E-state index contributed by atoms with van der Waals surface area (Å²) in [6.07, 6.45) is 0. The molecule has 2 aromatic rings. The van der Waals surface area contributed by atoms with E-state index in [9.17, 15) is 9.59 Å². The Bertz CT molecular complexity index is 762. The minimum Gasteiger partial charge on any atom is -0.352 e. The van der Waals surface area contributed by atoms with Gasteiger partial charge in [0.25, 0.3) is 0 Å². The van der Waals surface area contributed by atoms with Crippen molar-refractivity contribution in [3.8, 4) is 0 Å². The molecular formula is C18H26N4O2S. The highest BCUT2D eigenvalue weighted by molar-refractivity contribution is 7.99. The summed E-state index contributed by atoms with van der Waals surface area (Å²) in [6.45, 7) is 9.87. The molecule has 1 aromatic heterocycles. The summed E-state index contributed by atoms with van der Waals surface area (Å²) in [5.41, 5.74) is 1.44. The number of para-hydroxylation sites is 2. The third kappa shape index (κ3) is 5.77. The van der Waals surface area contributed by atoms with Crippen LogP contribution in [0.1, 0.15) is 34.6 Å². The third-order valence-corrected chi connectivity index (χ3v) is 4.19. The van der Waals surface area contributed by atoms with Gasteiger partial charge in [0, 0.05) is 11.6 Å². The number of fused-ring (bicyclic) bond motifs is 1. The maximum atomic E-state index is 12.2. The second-order valence-corrected chi connectivity index (χ2v) is 8.22. The molecule has 0 aliphatic carbocycles. The maximum Gasteiger partial charge on any atom is 0.240 e. The Labute approximate surface area is 152 Å². The summed E-state index contributed by atoms with van der Waals surface area (Å²) in [7, 11) is 0. The smallest absolute Gasteiger partial charge is 0.240 e. The van der Waals surface area contributed by atoms with Crippen LogP contribution in [0, 0.1) is 0 Å². The summed E-state index contributed by atoms with van der Waals surface area (Å²) >= 11 is 1.34. The summed E-state index contributed by atoms with van der Waals surface area (Å²) in [5, 5.41) is 6.50.